The number of phenolic OH excluding ortho intramolecular Hbond substituents is 7. The van der Waals surface area contributed by atoms with Gasteiger partial charge in [-0.15, -0.1) is 0 Å². The topological polar surface area (TPSA) is 160 Å². The van der Waals surface area contributed by atoms with Gasteiger partial charge in [-0.3, -0.25) is 0 Å². The van der Waals surface area contributed by atoms with Crippen LogP contribution in [-0.4, -0.2) is 35.7 Å². The third-order valence-electron chi connectivity index (χ3n) is 9.46. The van der Waals surface area contributed by atoms with E-state index < -0.39 is 24.0 Å². The summed E-state index contributed by atoms with van der Waals surface area (Å²) >= 11 is 0. The monoisotopic (exact) mass is 680 g/mol. The van der Waals surface area contributed by atoms with Crippen LogP contribution in [0.15, 0.2) is 115 Å². The minimum Gasteiger partial charge on any atom is -0.508 e. The Morgan fingerprint density at radius 1 is 0.392 bits per heavy atom. The molecule has 0 radical (unpaired) electrons. The predicted octanol–water partition coefficient (Wildman–Crippen LogP) is 8.33. The number of phenols is 7. The summed E-state index contributed by atoms with van der Waals surface area (Å²) in [4.78, 5) is 0. The zero-order valence-corrected chi connectivity index (χ0v) is 26.9. The minimum absolute atomic E-state index is 0.0193. The van der Waals surface area contributed by atoms with Gasteiger partial charge in [-0.1, -0.05) is 48.6 Å². The molecule has 2 aliphatic heterocycles. The molecule has 0 aliphatic carbocycles. The fourth-order valence-electron chi connectivity index (χ4n) is 7.31. The lowest BCUT2D eigenvalue weighted by Gasteiger charge is -2.26. The van der Waals surface area contributed by atoms with Crippen molar-refractivity contribution in [1.29, 1.82) is 0 Å². The molecule has 0 saturated carbocycles. The first kappa shape index (κ1) is 31.5. The second-order valence-corrected chi connectivity index (χ2v) is 12.8. The van der Waals surface area contributed by atoms with E-state index >= 15 is 0 Å². The highest BCUT2D eigenvalue weighted by atomic mass is 16.5. The van der Waals surface area contributed by atoms with E-state index in [9.17, 15) is 35.7 Å². The van der Waals surface area contributed by atoms with E-state index in [1.54, 1.807) is 103 Å². The van der Waals surface area contributed by atoms with Gasteiger partial charge in [0.15, 0.2) is 0 Å². The van der Waals surface area contributed by atoms with Crippen LogP contribution in [0.4, 0.5) is 0 Å². The predicted molar refractivity (Wildman–Crippen MR) is 190 cm³/mol. The summed E-state index contributed by atoms with van der Waals surface area (Å²) in [5.41, 5.74) is 5.48. The van der Waals surface area contributed by atoms with Crippen LogP contribution in [0.5, 0.6) is 51.7 Å². The minimum atomic E-state index is -0.694. The molecule has 0 amide bonds. The Morgan fingerprint density at radius 2 is 0.863 bits per heavy atom. The molecule has 4 unspecified atom stereocenters. The van der Waals surface area contributed by atoms with Crippen molar-refractivity contribution < 1.29 is 45.2 Å². The van der Waals surface area contributed by atoms with Gasteiger partial charge in [0.05, 0.1) is 11.8 Å². The standard InChI is InChI=1S/C42H32O9/c43-27-9-2-22(3-10-27)1-4-25-15-32(48)20-35-37(25)40(42(50-35)24-7-13-29(45)14-8-24)34-19-33(49)21-36-39(34)38(26-16-30(46)18-31(47)17-26)41(51-36)23-5-11-28(44)12-6-23/h1-21,38,40-49H/b4-1+. The SMILES string of the molecule is Oc1ccc(/C=C/c2cc(O)cc3c2C(c2cc(O)cc4c2C(c2cc(O)cc(O)c2)C(c2ccc(O)cc2)O4)C(c2ccc(O)cc2)O3)cc1. The van der Waals surface area contributed by atoms with Gasteiger partial charge >= 0.3 is 0 Å². The van der Waals surface area contributed by atoms with Crippen LogP contribution in [0.25, 0.3) is 12.2 Å². The van der Waals surface area contributed by atoms with Gasteiger partial charge in [-0.25, -0.2) is 0 Å². The molecular formula is C42H32O9. The maximum Gasteiger partial charge on any atom is 0.135 e. The zero-order valence-electron chi connectivity index (χ0n) is 26.9. The van der Waals surface area contributed by atoms with Gasteiger partial charge in [0.2, 0.25) is 0 Å². The summed E-state index contributed by atoms with van der Waals surface area (Å²) in [5, 5.41) is 73.4. The van der Waals surface area contributed by atoms with E-state index in [-0.39, 0.29) is 40.2 Å². The molecule has 51 heavy (non-hydrogen) atoms. The summed E-state index contributed by atoms with van der Waals surface area (Å²) < 4.78 is 13.3. The van der Waals surface area contributed by atoms with Crippen molar-refractivity contribution in [2.45, 2.75) is 24.0 Å². The zero-order chi connectivity index (χ0) is 35.4. The lowest BCUT2D eigenvalue weighted by Crippen LogP contribution is -2.16. The first-order valence-corrected chi connectivity index (χ1v) is 16.3. The number of benzene rings is 6. The molecule has 9 heteroatoms. The smallest absolute Gasteiger partial charge is 0.135 e. The average molecular weight is 681 g/mol. The Bertz CT molecular complexity index is 2270. The van der Waals surface area contributed by atoms with Crippen LogP contribution >= 0.6 is 0 Å². The van der Waals surface area contributed by atoms with Gasteiger partial charge < -0.3 is 45.2 Å². The Labute approximate surface area is 292 Å². The van der Waals surface area contributed by atoms with Crippen LogP contribution in [0.2, 0.25) is 0 Å². The molecule has 0 spiro atoms. The molecule has 0 aromatic heterocycles. The summed E-state index contributed by atoms with van der Waals surface area (Å²) in [6.07, 6.45) is 2.32. The summed E-state index contributed by atoms with van der Waals surface area (Å²) in [5.74, 6) is -0.504. The molecule has 6 aromatic rings. The van der Waals surface area contributed by atoms with Crippen LogP contribution in [0.3, 0.4) is 0 Å². The Balaban J connectivity index is 1.37. The largest absolute Gasteiger partial charge is 0.508 e. The van der Waals surface area contributed by atoms with E-state index in [1.165, 1.54) is 12.1 Å². The maximum absolute atomic E-state index is 11.3. The molecule has 254 valence electrons. The number of hydrogen-bond acceptors (Lipinski definition) is 9. The van der Waals surface area contributed by atoms with Gasteiger partial charge in [0, 0.05) is 29.3 Å². The fourth-order valence-corrected chi connectivity index (χ4v) is 7.31. The van der Waals surface area contributed by atoms with Crippen molar-refractivity contribution in [3.63, 3.8) is 0 Å². The van der Waals surface area contributed by atoms with Crippen molar-refractivity contribution in [3.8, 4) is 51.7 Å². The molecule has 8 rings (SSSR count). The Morgan fingerprint density at radius 3 is 1.43 bits per heavy atom. The molecule has 6 aromatic carbocycles. The van der Waals surface area contributed by atoms with Gasteiger partial charge in [0.1, 0.15) is 64.0 Å². The fraction of sp³-hybridized carbons (Fsp3) is 0.0952. The van der Waals surface area contributed by atoms with Gasteiger partial charge in [0.25, 0.3) is 0 Å². The molecule has 0 saturated heterocycles. The molecule has 7 N–H and O–H groups in total. The Hall–Kier alpha value is -6.74. The lowest BCUT2D eigenvalue weighted by atomic mass is 9.75. The lowest BCUT2D eigenvalue weighted by molar-refractivity contribution is 0.219. The van der Waals surface area contributed by atoms with Crippen molar-refractivity contribution >= 4 is 12.2 Å². The molecule has 9 nitrogen and oxygen atoms in total. The highest BCUT2D eigenvalue weighted by Gasteiger charge is 2.46. The third kappa shape index (κ3) is 5.84. The van der Waals surface area contributed by atoms with Gasteiger partial charge in [-0.05, 0) is 94.0 Å². The number of fused-ring (bicyclic) bond motifs is 2. The van der Waals surface area contributed by atoms with E-state index in [1.807, 2.05) is 12.2 Å². The van der Waals surface area contributed by atoms with E-state index in [2.05, 4.69) is 0 Å². The second-order valence-electron chi connectivity index (χ2n) is 12.8. The van der Waals surface area contributed by atoms with Crippen molar-refractivity contribution in [3.05, 3.63) is 160 Å². The number of aromatic hydroxyl groups is 7. The molecule has 2 aliphatic rings. The van der Waals surface area contributed by atoms with E-state index in [4.69, 9.17) is 9.47 Å². The van der Waals surface area contributed by atoms with Crippen LogP contribution in [0, 0.1) is 0 Å². The maximum atomic E-state index is 11.3. The second kappa shape index (κ2) is 12.3. The van der Waals surface area contributed by atoms with Crippen molar-refractivity contribution in [2.24, 2.45) is 0 Å². The molecular weight excluding hydrogens is 648 g/mol. The molecule has 4 atom stereocenters. The average Bonchev–Trinajstić information content (AvgIpc) is 3.67. The quantitative estimate of drug-likeness (QED) is 0.0858. The first-order valence-electron chi connectivity index (χ1n) is 16.3. The highest BCUT2D eigenvalue weighted by Crippen LogP contribution is 2.59. The molecule has 2 heterocycles. The summed E-state index contributed by atoms with van der Waals surface area (Å²) in [6, 6.07) is 30.7. The van der Waals surface area contributed by atoms with E-state index in [0.717, 1.165) is 16.7 Å². The van der Waals surface area contributed by atoms with Crippen LogP contribution in [-0.2, 0) is 0 Å². The van der Waals surface area contributed by atoms with Crippen LogP contribution < -0.4 is 9.47 Å². The highest BCUT2D eigenvalue weighted by molar-refractivity contribution is 5.76. The van der Waals surface area contributed by atoms with Crippen LogP contribution in [0.1, 0.15) is 68.6 Å². The first-order chi connectivity index (χ1) is 24.6. The van der Waals surface area contributed by atoms with E-state index in [0.29, 0.717) is 39.3 Å². The number of ether oxygens (including phenoxy) is 2. The number of rotatable bonds is 6. The molecule has 0 bridgehead atoms. The van der Waals surface area contributed by atoms with Crippen molar-refractivity contribution in [2.75, 3.05) is 0 Å². The van der Waals surface area contributed by atoms with Gasteiger partial charge in [-0.2, -0.15) is 0 Å². The molecule has 0 fully saturated rings. The summed E-state index contributed by atoms with van der Waals surface area (Å²) in [7, 11) is 0. The normalized spacial score (nSPS) is 19.0. The van der Waals surface area contributed by atoms with Crippen molar-refractivity contribution in [1.82, 2.24) is 0 Å². The third-order valence-corrected chi connectivity index (χ3v) is 9.46. The number of hydrogen-bond donors (Lipinski definition) is 7. The Kier molecular flexibility index (Phi) is 7.60. The summed E-state index contributed by atoms with van der Waals surface area (Å²) in [6.45, 7) is 0.